The van der Waals surface area contributed by atoms with Crippen molar-refractivity contribution in [1.82, 2.24) is 29.2 Å². The number of benzene rings is 1. The number of aromatic amines is 1. The van der Waals surface area contributed by atoms with Gasteiger partial charge in [0.15, 0.2) is 0 Å². The van der Waals surface area contributed by atoms with Crippen molar-refractivity contribution in [2.45, 2.75) is 18.8 Å². The molecule has 5 heterocycles. The van der Waals surface area contributed by atoms with Gasteiger partial charge in [0.2, 0.25) is 6.41 Å². The predicted molar refractivity (Wildman–Crippen MR) is 138 cm³/mol. The number of nitrogen functional groups attached to an aromatic ring is 1. The smallest absolute Gasteiger partial charge is 0.211 e. The average molecular weight is 469 g/mol. The van der Waals surface area contributed by atoms with Crippen LogP contribution in [0.5, 0.6) is 0 Å². The molecule has 0 bridgehead atoms. The Balaban J connectivity index is 0.000000239. The van der Waals surface area contributed by atoms with Crippen LogP contribution in [0, 0.1) is 0 Å². The number of nitrogens with two attached hydrogens (primary N) is 1. The number of nitrogens with one attached hydrogen (secondary N) is 2. The molecule has 0 aliphatic carbocycles. The number of hydrogen-bond acceptors (Lipinski definition) is 6. The first-order valence-electron chi connectivity index (χ1n) is 11.6. The molecule has 1 fully saturated rings. The number of hydrogen-bond donors (Lipinski definition) is 3. The number of carbonyl (C=O) groups excluding carboxylic acids is 1. The van der Waals surface area contributed by atoms with Crippen LogP contribution in [-0.4, -0.2) is 55.8 Å². The van der Waals surface area contributed by atoms with Crippen molar-refractivity contribution in [2.24, 2.45) is 0 Å². The largest absolute Gasteiger partial charge is 0.382 e. The number of nitrogens with zero attached hydrogens (tertiary/aromatic N) is 5. The van der Waals surface area contributed by atoms with Crippen LogP contribution in [0.4, 0.5) is 11.5 Å². The summed E-state index contributed by atoms with van der Waals surface area (Å²) in [5, 5.41) is 3.64. The Morgan fingerprint density at radius 3 is 2.71 bits per heavy atom. The van der Waals surface area contributed by atoms with Crippen molar-refractivity contribution < 1.29 is 4.79 Å². The number of para-hydroxylation sites is 1. The van der Waals surface area contributed by atoms with Crippen LogP contribution >= 0.6 is 0 Å². The molecule has 0 saturated carbocycles. The fourth-order valence-electron chi connectivity index (χ4n) is 4.55. The highest BCUT2D eigenvalue weighted by molar-refractivity contribution is 5.91. The highest BCUT2D eigenvalue weighted by Crippen LogP contribution is 2.34. The summed E-state index contributed by atoms with van der Waals surface area (Å²) in [6, 6.07) is 13.9. The first-order chi connectivity index (χ1) is 17.1. The standard InChI is InChI=1S/C20H22N6.C6H6N2O/c1-25-9-6-13(7-10-25)20-24-17(18-19(21)22-8-11-26(18)20)16-12-14-4-2-3-5-15(14)23-16;9-5-8-6-2-1-3-7-4-6/h2-5,8,11-13,23H,6-7,9-10H2,1H3,(H2,21,22);1-5H,(H,8,9). The maximum atomic E-state index is 9.84. The van der Waals surface area contributed by atoms with Gasteiger partial charge in [-0.05, 0) is 57.2 Å². The molecule has 178 valence electrons. The lowest BCUT2D eigenvalue weighted by Gasteiger charge is -2.28. The highest BCUT2D eigenvalue weighted by Gasteiger charge is 2.25. The van der Waals surface area contributed by atoms with Crippen LogP contribution in [0.1, 0.15) is 24.6 Å². The topological polar surface area (TPSA) is 117 Å². The Hall–Kier alpha value is -4.24. The zero-order valence-electron chi connectivity index (χ0n) is 19.6. The average Bonchev–Trinajstić information content (AvgIpc) is 3.48. The second kappa shape index (κ2) is 9.94. The summed E-state index contributed by atoms with van der Waals surface area (Å²) in [6.45, 7) is 2.20. The minimum Gasteiger partial charge on any atom is -0.382 e. The molecule has 1 aliphatic heterocycles. The van der Waals surface area contributed by atoms with Crippen molar-refractivity contribution in [1.29, 1.82) is 0 Å². The minimum atomic E-state index is 0.443. The van der Waals surface area contributed by atoms with Crippen molar-refractivity contribution in [3.05, 3.63) is 73.1 Å². The summed E-state index contributed by atoms with van der Waals surface area (Å²) in [4.78, 5) is 28.9. The Kier molecular flexibility index (Phi) is 6.40. The molecule has 0 unspecified atom stereocenters. The Morgan fingerprint density at radius 2 is 1.97 bits per heavy atom. The third-order valence-corrected chi connectivity index (χ3v) is 6.37. The highest BCUT2D eigenvalue weighted by atomic mass is 16.1. The van der Waals surface area contributed by atoms with Gasteiger partial charge in [-0.1, -0.05) is 18.2 Å². The monoisotopic (exact) mass is 468 g/mol. The number of imidazole rings is 1. The molecule has 1 amide bonds. The first-order valence-corrected chi connectivity index (χ1v) is 11.6. The molecule has 1 saturated heterocycles. The molecule has 9 nitrogen and oxygen atoms in total. The van der Waals surface area contributed by atoms with E-state index in [1.54, 1.807) is 30.7 Å². The number of anilines is 2. The van der Waals surface area contributed by atoms with E-state index in [0.29, 0.717) is 23.8 Å². The number of likely N-dealkylation sites (tertiary alicyclic amines) is 1. The third-order valence-electron chi connectivity index (χ3n) is 6.37. The van der Waals surface area contributed by atoms with Crippen LogP contribution in [0.3, 0.4) is 0 Å². The second-order valence-electron chi connectivity index (χ2n) is 8.70. The summed E-state index contributed by atoms with van der Waals surface area (Å²) < 4.78 is 2.14. The van der Waals surface area contributed by atoms with Crippen LogP contribution in [-0.2, 0) is 4.79 Å². The number of fused-ring (bicyclic) bond motifs is 2. The third kappa shape index (κ3) is 4.71. The number of H-pyrrole nitrogens is 1. The SMILES string of the molecule is CN1CCC(c2nc(-c3cc4ccccc4[nH]3)c3c(N)nccn23)CC1.O=CNc1cccnc1. The molecule has 4 aromatic heterocycles. The van der Waals surface area contributed by atoms with Gasteiger partial charge < -0.3 is 20.9 Å². The van der Waals surface area contributed by atoms with E-state index >= 15 is 0 Å². The van der Waals surface area contributed by atoms with Gasteiger partial charge in [-0.15, -0.1) is 0 Å². The number of aromatic nitrogens is 5. The summed E-state index contributed by atoms with van der Waals surface area (Å²) in [5.74, 6) is 2.06. The summed E-state index contributed by atoms with van der Waals surface area (Å²) in [6.07, 6.45) is 9.82. The number of amides is 1. The zero-order valence-corrected chi connectivity index (χ0v) is 19.6. The van der Waals surface area contributed by atoms with Crippen LogP contribution < -0.4 is 11.1 Å². The second-order valence-corrected chi connectivity index (χ2v) is 8.70. The molecule has 1 aromatic carbocycles. The number of carbonyl (C=O) groups is 1. The Morgan fingerprint density at radius 1 is 1.14 bits per heavy atom. The fourth-order valence-corrected chi connectivity index (χ4v) is 4.55. The van der Waals surface area contributed by atoms with Crippen LogP contribution in [0.2, 0.25) is 0 Å². The number of piperidine rings is 1. The van der Waals surface area contributed by atoms with Crippen molar-refractivity contribution in [3.63, 3.8) is 0 Å². The molecular formula is C26H28N8O. The molecular weight excluding hydrogens is 440 g/mol. The molecule has 9 heteroatoms. The van der Waals surface area contributed by atoms with Crippen LogP contribution in [0.25, 0.3) is 27.8 Å². The number of pyridine rings is 1. The molecule has 1 aliphatic rings. The molecule has 0 radical (unpaired) electrons. The van der Waals surface area contributed by atoms with E-state index in [-0.39, 0.29) is 0 Å². The normalized spacial score (nSPS) is 14.5. The van der Waals surface area contributed by atoms with E-state index in [9.17, 15) is 4.79 Å². The lowest BCUT2D eigenvalue weighted by molar-refractivity contribution is -0.105. The zero-order chi connectivity index (χ0) is 24.2. The van der Waals surface area contributed by atoms with Gasteiger partial charge in [0.05, 0.1) is 17.6 Å². The van der Waals surface area contributed by atoms with E-state index in [0.717, 1.165) is 54.2 Å². The molecule has 0 spiro atoms. The summed E-state index contributed by atoms with van der Waals surface area (Å²) >= 11 is 0. The van der Waals surface area contributed by atoms with E-state index in [1.165, 1.54) is 5.39 Å². The van der Waals surface area contributed by atoms with E-state index in [1.807, 2.05) is 18.3 Å². The minimum absolute atomic E-state index is 0.443. The maximum Gasteiger partial charge on any atom is 0.211 e. The van der Waals surface area contributed by atoms with Gasteiger partial charge >= 0.3 is 0 Å². The molecule has 35 heavy (non-hydrogen) atoms. The van der Waals surface area contributed by atoms with Crippen molar-refractivity contribution in [3.8, 4) is 11.4 Å². The van der Waals surface area contributed by atoms with Gasteiger partial charge in [0, 0.05) is 35.4 Å². The molecule has 0 atom stereocenters. The first kappa shape index (κ1) is 22.5. The van der Waals surface area contributed by atoms with E-state index in [4.69, 9.17) is 10.7 Å². The molecule has 4 N–H and O–H groups in total. The lowest BCUT2D eigenvalue weighted by Crippen LogP contribution is -2.29. The van der Waals surface area contributed by atoms with Crippen molar-refractivity contribution >= 4 is 34.3 Å². The predicted octanol–water partition coefficient (Wildman–Crippen LogP) is 3.92. The van der Waals surface area contributed by atoms with E-state index < -0.39 is 0 Å². The van der Waals surface area contributed by atoms with Crippen molar-refractivity contribution in [2.75, 3.05) is 31.2 Å². The molecule has 6 rings (SSSR count). The van der Waals surface area contributed by atoms with Gasteiger partial charge in [-0.25, -0.2) is 9.97 Å². The van der Waals surface area contributed by atoms with Crippen LogP contribution in [0.15, 0.2) is 67.3 Å². The van der Waals surface area contributed by atoms with Gasteiger partial charge in [0.25, 0.3) is 0 Å². The quantitative estimate of drug-likeness (QED) is 0.344. The Labute approximate surface area is 203 Å². The summed E-state index contributed by atoms with van der Waals surface area (Å²) in [7, 11) is 2.18. The van der Waals surface area contributed by atoms with Gasteiger partial charge in [-0.2, -0.15) is 0 Å². The Bertz CT molecular complexity index is 1400. The van der Waals surface area contributed by atoms with E-state index in [2.05, 4.69) is 54.8 Å². The van der Waals surface area contributed by atoms with Gasteiger partial charge in [0.1, 0.15) is 22.9 Å². The fraction of sp³-hybridized carbons (Fsp3) is 0.231. The summed E-state index contributed by atoms with van der Waals surface area (Å²) in [5.41, 5.74) is 10.9. The maximum absolute atomic E-state index is 9.84. The molecule has 5 aromatic rings. The van der Waals surface area contributed by atoms with Gasteiger partial charge in [-0.3, -0.25) is 14.2 Å². The number of rotatable bonds is 4. The lowest BCUT2D eigenvalue weighted by atomic mass is 9.96.